The molecule has 374 valence electrons. The number of carboxylic acids is 5. The molecule has 17 N–H and O–H groups in total. The Bertz CT molecular complexity index is 2120. The van der Waals surface area contributed by atoms with Gasteiger partial charge in [0.25, 0.3) is 0 Å². The molecule has 0 aromatic carbocycles. The quantitative estimate of drug-likeness (QED) is 0.0334. The summed E-state index contributed by atoms with van der Waals surface area (Å²) in [5.74, 6) is -11.2. The molecule has 8 amide bonds. The molecule has 0 bridgehead atoms. The maximum absolute atomic E-state index is 11.9. The van der Waals surface area contributed by atoms with E-state index in [4.69, 9.17) is 21.1 Å². The highest BCUT2D eigenvalue weighted by Crippen LogP contribution is 2.03. The number of nitrogens with two attached hydrogens (primary N) is 1. The van der Waals surface area contributed by atoms with Gasteiger partial charge in [0.05, 0.1) is 76.5 Å². The topological polar surface area (TPSA) is 505 Å². The third-order valence-corrected chi connectivity index (χ3v) is 7.88. The van der Waals surface area contributed by atoms with E-state index in [2.05, 4.69) is 57.8 Å². The molecule has 68 heavy (non-hydrogen) atoms. The lowest BCUT2D eigenvalue weighted by Crippen LogP contribution is -2.46. The van der Waals surface area contributed by atoms with E-state index >= 15 is 0 Å². The first kappa shape index (κ1) is 57.4. The number of carboxylic acid groups (broad SMARTS) is 5. The third-order valence-electron chi connectivity index (χ3n) is 7.88. The summed E-state index contributed by atoms with van der Waals surface area (Å²) in [5.41, 5.74) is 5.77. The van der Waals surface area contributed by atoms with E-state index in [1.165, 1.54) is 34.2 Å². The van der Waals surface area contributed by atoms with E-state index in [1.807, 2.05) is 5.32 Å². The molecule has 0 fully saturated rings. The lowest BCUT2D eigenvalue weighted by Gasteiger charge is -2.13. The van der Waals surface area contributed by atoms with Crippen LogP contribution in [0.25, 0.3) is 0 Å². The van der Waals surface area contributed by atoms with Crippen molar-refractivity contribution in [1.82, 2.24) is 72.3 Å². The molecule has 0 aliphatic rings. The molecule has 0 aliphatic carbocycles. The molecule has 2 unspecified atom stereocenters. The molecule has 2 rings (SSSR count). The number of aliphatic carboxylic acids is 5. The molecule has 0 radical (unpaired) electrons. The summed E-state index contributed by atoms with van der Waals surface area (Å²) in [6.45, 7) is -4.70. The average Bonchev–Trinajstić information content (AvgIpc) is 3.94. The van der Waals surface area contributed by atoms with Crippen molar-refractivity contribution in [3.05, 3.63) is 36.4 Å². The fourth-order valence-electron chi connectivity index (χ4n) is 4.63. The maximum atomic E-state index is 11.9. The minimum absolute atomic E-state index is 0.0296. The molecule has 33 nitrogen and oxygen atoms in total. The number of hydrogen-bond acceptors (Lipinski definition) is 18. The minimum atomic E-state index is -1.28. The monoisotopic (exact) mass is 969 g/mol. The second-order valence-electron chi connectivity index (χ2n) is 13.4. The van der Waals surface area contributed by atoms with Gasteiger partial charge in [0.15, 0.2) is 0 Å². The Hall–Kier alpha value is -8.59. The summed E-state index contributed by atoms with van der Waals surface area (Å²) in [5, 5.41) is 66.8. The van der Waals surface area contributed by atoms with E-state index in [9.17, 15) is 72.5 Å². The normalized spacial score (nSPS) is 11.1. The summed E-state index contributed by atoms with van der Waals surface area (Å²) in [6, 6.07) is -2.39. The lowest BCUT2D eigenvalue weighted by atomic mass is 10.1. The van der Waals surface area contributed by atoms with Gasteiger partial charge in [0.2, 0.25) is 47.3 Å². The van der Waals surface area contributed by atoms with Gasteiger partial charge in [0.1, 0.15) is 38.3 Å². The van der Waals surface area contributed by atoms with Crippen LogP contribution in [0, 0.1) is 0 Å². The van der Waals surface area contributed by atoms with E-state index in [-0.39, 0.29) is 44.8 Å². The van der Waals surface area contributed by atoms with Crippen molar-refractivity contribution < 1.29 is 87.9 Å². The standard InChI is InChI=1S/C18H25N7O10.C17H26N8O8/c26-12(20-3-13(27)22-5-16(30)31)2-19-11(18(34)35)1-10-7-25(9-24-10)8-15(29)21-4-14(28)23-6-17(32)33;18-2-12(26)20-5-15(29)24-9-25-7-10(23-8-25)1-11(17(32)33)19-3-13(27)21-4-14(28)22-6-16(30)31/h7,9,11,19H,1-6,8H2,(H,20,26)(H,21,29)(H,22,27)(H,23,28)(H,30,31)(H,32,33)(H,34,35);7-8,11,19H,1-6,9,18H2,(H,20,26)(H,21,27)(H,22,28)(H,24,29)(H,30,31)(H,32,33). The summed E-state index contributed by atoms with van der Waals surface area (Å²) < 4.78 is 2.82. The second kappa shape index (κ2) is 31.3. The zero-order valence-corrected chi connectivity index (χ0v) is 35.8. The molecule has 33 heteroatoms. The molecule has 2 aromatic rings. The Labute approximate surface area is 382 Å². The van der Waals surface area contributed by atoms with Gasteiger partial charge >= 0.3 is 29.8 Å². The molecular formula is C35H51N15O18. The van der Waals surface area contributed by atoms with Gasteiger partial charge in [-0.1, -0.05) is 0 Å². The fourth-order valence-corrected chi connectivity index (χ4v) is 4.63. The highest BCUT2D eigenvalue weighted by atomic mass is 16.4. The number of carbonyl (C=O) groups is 13. The number of nitrogens with one attached hydrogen (secondary N) is 10. The Kier molecular flexibility index (Phi) is 26.4. The number of carbonyl (C=O) groups excluding carboxylic acids is 8. The molecule has 0 aliphatic heterocycles. The molecule has 0 spiro atoms. The van der Waals surface area contributed by atoms with Gasteiger partial charge in [-0.15, -0.1) is 0 Å². The number of rotatable bonds is 31. The number of aromatic nitrogens is 4. The van der Waals surface area contributed by atoms with Crippen LogP contribution in [0.2, 0.25) is 0 Å². The Balaban J connectivity index is 0.000000681. The predicted molar refractivity (Wildman–Crippen MR) is 222 cm³/mol. The zero-order chi connectivity index (χ0) is 51.2. The van der Waals surface area contributed by atoms with Crippen LogP contribution in [0.4, 0.5) is 0 Å². The van der Waals surface area contributed by atoms with Gasteiger partial charge in [-0.2, -0.15) is 0 Å². The van der Waals surface area contributed by atoms with E-state index in [0.29, 0.717) is 5.69 Å². The molecule has 2 heterocycles. The molecular weight excluding hydrogens is 918 g/mol. The van der Waals surface area contributed by atoms with Crippen LogP contribution >= 0.6 is 0 Å². The third kappa shape index (κ3) is 27.6. The van der Waals surface area contributed by atoms with E-state index in [0.717, 1.165) is 0 Å². The van der Waals surface area contributed by atoms with Crippen LogP contribution < -0.4 is 58.9 Å². The SMILES string of the molecule is NCC(=O)NCC(=O)NCn1cnc(CC(NCC(=O)NCC(=O)NCC(=O)O)C(=O)O)c1.O=C(O)CNC(=O)CNC(=O)CNC(Cc1cn(CC(=O)NCC(=O)NCC(=O)O)cn1)C(=O)O. The summed E-state index contributed by atoms with van der Waals surface area (Å²) >= 11 is 0. The highest BCUT2D eigenvalue weighted by molar-refractivity contribution is 5.89. The zero-order valence-electron chi connectivity index (χ0n) is 35.8. The van der Waals surface area contributed by atoms with Gasteiger partial charge in [-0.3, -0.25) is 73.0 Å². The van der Waals surface area contributed by atoms with Gasteiger partial charge in [-0.05, 0) is 0 Å². The van der Waals surface area contributed by atoms with Crippen molar-refractivity contribution >= 4 is 77.1 Å². The Morgan fingerprint density at radius 1 is 0.441 bits per heavy atom. The number of hydrogen-bond donors (Lipinski definition) is 16. The van der Waals surface area contributed by atoms with Crippen molar-refractivity contribution in [3.8, 4) is 0 Å². The molecule has 2 aromatic heterocycles. The number of amides is 8. The fraction of sp³-hybridized carbons (Fsp3) is 0.457. The van der Waals surface area contributed by atoms with E-state index < -0.39 is 142 Å². The van der Waals surface area contributed by atoms with Gasteiger partial charge in [0, 0.05) is 25.2 Å². The predicted octanol–water partition coefficient (Wildman–Crippen LogP) is -9.96. The first-order chi connectivity index (χ1) is 32.1. The smallest absolute Gasteiger partial charge is 0.322 e. The molecule has 0 saturated heterocycles. The van der Waals surface area contributed by atoms with Gasteiger partial charge < -0.3 is 82.9 Å². The van der Waals surface area contributed by atoms with Crippen LogP contribution in [0.5, 0.6) is 0 Å². The molecule has 2 atom stereocenters. The first-order valence-electron chi connectivity index (χ1n) is 19.5. The van der Waals surface area contributed by atoms with Crippen molar-refractivity contribution in [2.45, 2.75) is 38.1 Å². The summed E-state index contributed by atoms with van der Waals surface area (Å²) in [7, 11) is 0. The van der Waals surface area contributed by atoms with Crippen LogP contribution in [-0.4, -0.2) is 199 Å². The summed E-state index contributed by atoms with van der Waals surface area (Å²) in [6.07, 6.45) is 5.32. The number of imidazole rings is 2. The number of nitrogens with zero attached hydrogens (tertiary/aromatic N) is 4. The second-order valence-corrected chi connectivity index (χ2v) is 13.4. The minimum Gasteiger partial charge on any atom is -0.480 e. The Morgan fingerprint density at radius 2 is 0.765 bits per heavy atom. The van der Waals surface area contributed by atoms with Crippen LogP contribution in [0.1, 0.15) is 11.4 Å². The van der Waals surface area contributed by atoms with Crippen molar-refractivity contribution in [2.75, 3.05) is 65.4 Å². The Morgan fingerprint density at radius 3 is 1.15 bits per heavy atom. The highest BCUT2D eigenvalue weighted by Gasteiger charge is 2.22. The van der Waals surface area contributed by atoms with Crippen molar-refractivity contribution in [3.63, 3.8) is 0 Å². The van der Waals surface area contributed by atoms with Crippen molar-refractivity contribution in [1.29, 1.82) is 0 Å². The lowest BCUT2D eigenvalue weighted by molar-refractivity contribution is -0.140. The van der Waals surface area contributed by atoms with Crippen LogP contribution in [0.3, 0.4) is 0 Å². The summed E-state index contributed by atoms with van der Waals surface area (Å²) in [4.78, 5) is 154. The van der Waals surface area contributed by atoms with Gasteiger partial charge in [-0.25, -0.2) is 9.97 Å². The molecule has 0 saturated carbocycles. The van der Waals surface area contributed by atoms with E-state index in [1.54, 1.807) is 0 Å². The maximum Gasteiger partial charge on any atom is 0.322 e. The average molecular weight is 970 g/mol. The van der Waals surface area contributed by atoms with Crippen LogP contribution in [-0.2, 0) is 88.4 Å². The van der Waals surface area contributed by atoms with Crippen LogP contribution in [0.15, 0.2) is 25.0 Å². The first-order valence-corrected chi connectivity index (χ1v) is 19.5. The van der Waals surface area contributed by atoms with Crippen molar-refractivity contribution in [2.24, 2.45) is 5.73 Å². The largest absolute Gasteiger partial charge is 0.480 e.